The third-order valence-corrected chi connectivity index (χ3v) is 5.84. The maximum Gasteiger partial charge on any atom is 0.240 e. The number of anilines is 1. The van der Waals surface area contributed by atoms with Gasteiger partial charge in [0, 0.05) is 12.1 Å². The van der Waals surface area contributed by atoms with Crippen LogP contribution in [0.3, 0.4) is 0 Å². The molecule has 6 heteroatoms. The molecule has 1 amide bonds. The van der Waals surface area contributed by atoms with Crippen molar-refractivity contribution in [2.45, 2.75) is 44.4 Å². The SMILES string of the molecule is CCc1cccc(CC)c1NC(=O)CCc1ccc(S(=O)(=O)NC)cc1. The molecule has 0 fully saturated rings. The second-order valence-electron chi connectivity index (χ2n) is 6.06. The van der Waals surface area contributed by atoms with Crippen molar-refractivity contribution < 1.29 is 13.2 Å². The van der Waals surface area contributed by atoms with Crippen LogP contribution < -0.4 is 10.0 Å². The molecule has 2 N–H and O–H groups in total. The normalized spacial score (nSPS) is 11.3. The molecule has 0 aliphatic heterocycles. The lowest BCUT2D eigenvalue weighted by molar-refractivity contribution is -0.116. The van der Waals surface area contributed by atoms with Crippen LogP contribution in [0.15, 0.2) is 47.4 Å². The predicted molar refractivity (Wildman–Crippen MR) is 105 cm³/mol. The van der Waals surface area contributed by atoms with Gasteiger partial charge in [-0.1, -0.05) is 44.2 Å². The van der Waals surface area contributed by atoms with Gasteiger partial charge in [0.25, 0.3) is 0 Å². The Morgan fingerprint density at radius 1 is 0.962 bits per heavy atom. The lowest BCUT2D eigenvalue weighted by Crippen LogP contribution is -2.18. The molecule has 0 saturated carbocycles. The number of sulfonamides is 1. The summed E-state index contributed by atoms with van der Waals surface area (Å²) in [6, 6.07) is 12.7. The molecule has 0 atom stereocenters. The monoisotopic (exact) mass is 374 g/mol. The fraction of sp³-hybridized carbons (Fsp3) is 0.350. The molecule has 0 aromatic heterocycles. The standard InChI is InChI=1S/C20H26N2O3S/c1-4-16-7-6-8-17(5-2)20(16)22-19(23)14-11-15-9-12-18(13-10-15)26(24,25)21-3/h6-10,12-13,21H,4-5,11,14H2,1-3H3,(H,22,23). The van der Waals surface area contributed by atoms with Gasteiger partial charge in [-0.05, 0) is 55.1 Å². The average molecular weight is 375 g/mol. The minimum Gasteiger partial charge on any atom is -0.326 e. The van der Waals surface area contributed by atoms with Gasteiger partial charge in [-0.3, -0.25) is 4.79 Å². The van der Waals surface area contributed by atoms with Crippen molar-refractivity contribution in [3.8, 4) is 0 Å². The van der Waals surface area contributed by atoms with Gasteiger partial charge in [-0.2, -0.15) is 0 Å². The number of carbonyl (C=O) groups excluding carboxylic acids is 1. The third-order valence-electron chi connectivity index (χ3n) is 4.41. The summed E-state index contributed by atoms with van der Waals surface area (Å²) in [7, 11) is -2.05. The van der Waals surface area contributed by atoms with Gasteiger partial charge < -0.3 is 5.32 Å². The minimum absolute atomic E-state index is 0.0347. The summed E-state index contributed by atoms with van der Waals surface area (Å²) in [5.41, 5.74) is 4.13. The Morgan fingerprint density at radius 3 is 2.04 bits per heavy atom. The van der Waals surface area contributed by atoms with E-state index in [2.05, 4.69) is 23.9 Å². The average Bonchev–Trinajstić information content (AvgIpc) is 2.66. The molecular formula is C20H26N2O3S. The molecule has 0 radical (unpaired) electrons. The van der Waals surface area contributed by atoms with Crippen LogP contribution in [0.5, 0.6) is 0 Å². The number of aryl methyl sites for hydroxylation is 3. The number of benzene rings is 2. The van der Waals surface area contributed by atoms with Crippen molar-refractivity contribution in [2.75, 3.05) is 12.4 Å². The Balaban J connectivity index is 2.02. The quantitative estimate of drug-likeness (QED) is 0.744. The van der Waals surface area contributed by atoms with Gasteiger partial charge in [0.1, 0.15) is 0 Å². The molecule has 0 spiro atoms. The van der Waals surface area contributed by atoms with E-state index in [1.165, 1.54) is 7.05 Å². The van der Waals surface area contributed by atoms with Crippen LogP contribution >= 0.6 is 0 Å². The van der Waals surface area contributed by atoms with Crippen molar-refractivity contribution in [2.24, 2.45) is 0 Å². The summed E-state index contributed by atoms with van der Waals surface area (Å²) >= 11 is 0. The summed E-state index contributed by atoms with van der Waals surface area (Å²) in [4.78, 5) is 12.6. The van der Waals surface area contributed by atoms with E-state index in [0.717, 1.165) is 35.2 Å². The number of amides is 1. The van der Waals surface area contributed by atoms with Crippen LogP contribution in [0, 0.1) is 0 Å². The van der Waals surface area contributed by atoms with E-state index in [-0.39, 0.29) is 10.8 Å². The Kier molecular flexibility index (Phi) is 6.94. The molecule has 0 aliphatic carbocycles. The van der Waals surface area contributed by atoms with Gasteiger partial charge in [0.05, 0.1) is 4.90 Å². The van der Waals surface area contributed by atoms with Gasteiger partial charge in [-0.15, -0.1) is 0 Å². The molecule has 0 bridgehead atoms. The topological polar surface area (TPSA) is 75.3 Å². The van der Waals surface area contributed by atoms with Crippen molar-refractivity contribution >= 4 is 21.6 Å². The van der Waals surface area contributed by atoms with Crippen LogP contribution in [-0.2, 0) is 34.1 Å². The molecule has 2 aromatic rings. The maximum absolute atomic E-state index is 12.4. The largest absolute Gasteiger partial charge is 0.326 e. The smallest absolute Gasteiger partial charge is 0.240 e. The lowest BCUT2D eigenvalue weighted by Gasteiger charge is -2.14. The first-order valence-corrected chi connectivity index (χ1v) is 10.3. The number of nitrogens with one attached hydrogen (secondary N) is 2. The summed E-state index contributed by atoms with van der Waals surface area (Å²) in [5.74, 6) is -0.0347. The number of carbonyl (C=O) groups is 1. The molecule has 2 rings (SSSR count). The first-order chi connectivity index (χ1) is 12.4. The van der Waals surface area contributed by atoms with E-state index in [1.807, 2.05) is 18.2 Å². The highest BCUT2D eigenvalue weighted by atomic mass is 32.2. The van der Waals surface area contributed by atoms with E-state index < -0.39 is 10.0 Å². The summed E-state index contributed by atoms with van der Waals surface area (Å²) in [6.07, 6.45) is 2.64. The second kappa shape index (κ2) is 8.96. The molecule has 5 nitrogen and oxygen atoms in total. The van der Waals surface area contributed by atoms with Gasteiger partial charge >= 0.3 is 0 Å². The molecule has 140 valence electrons. The Hall–Kier alpha value is -2.18. The Labute approximate surface area is 155 Å². The minimum atomic E-state index is -3.43. The van der Waals surface area contributed by atoms with Crippen LogP contribution in [0.4, 0.5) is 5.69 Å². The number of hydrogen-bond donors (Lipinski definition) is 2. The fourth-order valence-electron chi connectivity index (χ4n) is 2.82. The molecule has 0 aliphatic rings. The highest BCUT2D eigenvalue weighted by molar-refractivity contribution is 7.89. The fourth-order valence-corrected chi connectivity index (χ4v) is 3.55. The zero-order valence-corrected chi connectivity index (χ0v) is 16.3. The number of hydrogen-bond acceptors (Lipinski definition) is 3. The van der Waals surface area contributed by atoms with E-state index >= 15 is 0 Å². The van der Waals surface area contributed by atoms with E-state index in [0.29, 0.717) is 12.8 Å². The highest BCUT2D eigenvalue weighted by Gasteiger charge is 2.12. The van der Waals surface area contributed by atoms with Gasteiger partial charge in [-0.25, -0.2) is 13.1 Å². The second-order valence-corrected chi connectivity index (χ2v) is 7.94. The first kappa shape index (κ1) is 20.1. The zero-order valence-electron chi connectivity index (χ0n) is 15.5. The molecule has 0 heterocycles. The number of para-hydroxylation sites is 1. The molecule has 0 saturated heterocycles. The first-order valence-electron chi connectivity index (χ1n) is 8.84. The van der Waals surface area contributed by atoms with Crippen molar-refractivity contribution in [1.82, 2.24) is 4.72 Å². The van der Waals surface area contributed by atoms with Crippen molar-refractivity contribution in [3.05, 3.63) is 59.2 Å². The summed E-state index contributed by atoms with van der Waals surface area (Å²) < 4.78 is 25.7. The molecule has 2 aromatic carbocycles. The Morgan fingerprint density at radius 2 is 1.54 bits per heavy atom. The molecular weight excluding hydrogens is 348 g/mol. The van der Waals surface area contributed by atoms with Crippen LogP contribution in [0.1, 0.15) is 37.0 Å². The van der Waals surface area contributed by atoms with E-state index in [9.17, 15) is 13.2 Å². The third kappa shape index (κ3) is 4.93. The molecule has 26 heavy (non-hydrogen) atoms. The molecule has 0 unspecified atom stereocenters. The van der Waals surface area contributed by atoms with Crippen LogP contribution in [0.2, 0.25) is 0 Å². The Bertz CT molecular complexity index is 837. The predicted octanol–water partition coefficient (Wildman–Crippen LogP) is 3.29. The van der Waals surface area contributed by atoms with E-state index in [1.54, 1.807) is 24.3 Å². The van der Waals surface area contributed by atoms with E-state index in [4.69, 9.17) is 0 Å². The van der Waals surface area contributed by atoms with Crippen molar-refractivity contribution in [3.63, 3.8) is 0 Å². The zero-order chi connectivity index (χ0) is 19.2. The van der Waals surface area contributed by atoms with Crippen LogP contribution in [0.25, 0.3) is 0 Å². The number of rotatable bonds is 8. The van der Waals surface area contributed by atoms with Gasteiger partial charge in [0.2, 0.25) is 15.9 Å². The maximum atomic E-state index is 12.4. The van der Waals surface area contributed by atoms with Crippen molar-refractivity contribution in [1.29, 1.82) is 0 Å². The lowest BCUT2D eigenvalue weighted by atomic mass is 10.0. The summed E-state index contributed by atoms with van der Waals surface area (Å²) in [6.45, 7) is 4.15. The van der Waals surface area contributed by atoms with Crippen LogP contribution in [-0.4, -0.2) is 21.4 Å². The highest BCUT2D eigenvalue weighted by Crippen LogP contribution is 2.23. The summed E-state index contributed by atoms with van der Waals surface area (Å²) in [5, 5.41) is 3.05. The van der Waals surface area contributed by atoms with Gasteiger partial charge in [0.15, 0.2) is 0 Å².